The normalized spacial score (nSPS) is 17.5. The number of benzene rings is 2. The minimum atomic E-state index is -0.688. The molecule has 4 aromatic rings. The summed E-state index contributed by atoms with van der Waals surface area (Å²) in [4.78, 5) is 75.5. The van der Waals surface area contributed by atoms with E-state index in [1.165, 1.54) is 49.3 Å². The molecule has 4 aliphatic heterocycles. The standard InChI is InChI=1S/C57H69N7O15S/c1-7-36-21-41-29-59-45-27-49(47(71-5)25-43(45)55(69)62(41)31-36)77-33-39-23-38(24-40(61-39)34-78-50-28-46-44(26-48(50)72-6)56(70)63-32-37(8-2)22-42(63)30-60-46)57(3,4)80-35-51(65)58-12-14-74-16-18-76-20-19-75-17-15-73-13-11-54(68)79-64-52(66)9-10-53(64)67/h7-10,23-30,41-42,66-67H,11-22,31-35H2,1-6H3,(H,58,65)/t41-,42-/m0/s1. The summed E-state index contributed by atoms with van der Waals surface area (Å²) >= 11 is 1.45. The lowest BCUT2D eigenvalue weighted by molar-refractivity contribution is -0.146. The number of thioether (sulfide) groups is 1. The summed E-state index contributed by atoms with van der Waals surface area (Å²) in [6.45, 7) is 11.6. The Bertz CT molecular complexity index is 2850. The number of aromatic hydroxyl groups is 2. The van der Waals surface area contributed by atoms with E-state index in [1.54, 1.807) is 24.3 Å². The Labute approximate surface area is 468 Å². The van der Waals surface area contributed by atoms with Crippen molar-refractivity contribution in [2.45, 2.75) is 77.0 Å². The Kier molecular flexibility index (Phi) is 20.3. The number of amides is 3. The predicted octanol–water partition coefficient (Wildman–Crippen LogP) is 6.42. The zero-order chi connectivity index (χ0) is 56.8. The lowest BCUT2D eigenvalue weighted by atomic mass is 10.0. The van der Waals surface area contributed by atoms with Gasteiger partial charge >= 0.3 is 5.97 Å². The molecule has 0 saturated carbocycles. The molecule has 0 spiro atoms. The minimum absolute atomic E-state index is 0.00960. The highest BCUT2D eigenvalue weighted by Crippen LogP contribution is 2.42. The van der Waals surface area contributed by atoms with Gasteiger partial charge in [-0.1, -0.05) is 23.3 Å². The van der Waals surface area contributed by atoms with E-state index in [2.05, 4.69) is 5.32 Å². The van der Waals surface area contributed by atoms with Gasteiger partial charge in [-0.3, -0.25) is 29.4 Å². The van der Waals surface area contributed by atoms with Gasteiger partial charge in [-0.2, -0.15) is 0 Å². The summed E-state index contributed by atoms with van der Waals surface area (Å²) in [7, 11) is 3.05. The number of aliphatic imine (C=N–C) groups is 2. The summed E-state index contributed by atoms with van der Waals surface area (Å²) in [5, 5.41) is 22.0. The van der Waals surface area contributed by atoms with Crippen molar-refractivity contribution in [3.8, 4) is 34.8 Å². The maximum atomic E-state index is 13.8. The summed E-state index contributed by atoms with van der Waals surface area (Å²) in [6.07, 6.45) is 9.11. The highest BCUT2D eigenvalue weighted by Gasteiger charge is 2.36. The molecule has 4 aliphatic rings. The number of hydrogen-bond acceptors (Lipinski definition) is 19. The van der Waals surface area contributed by atoms with E-state index in [1.807, 2.05) is 74.2 Å². The summed E-state index contributed by atoms with van der Waals surface area (Å²) in [5.41, 5.74) is 6.17. The lowest BCUT2D eigenvalue weighted by Gasteiger charge is -2.26. The SMILES string of the molecule is CC=C1C[C@H]2C=Nc3cc(OCc4cc(C(C)(C)SCC(=O)NCCOCCOCCOCCOCCC(=O)On5c(O)ccc5O)cc(COc5cc6c(cc5OC)C(=O)N5CC(=CC)C[C@H]5C=N6)n4)c(OC)cc3C(=O)N2C1. The number of carbonyl (C=O) groups is 4. The number of hydrogen-bond donors (Lipinski definition) is 3. The Morgan fingerprint density at radius 2 is 1.16 bits per heavy atom. The van der Waals surface area contributed by atoms with Crippen LogP contribution in [0.4, 0.5) is 11.4 Å². The topological polar surface area (TPSA) is 253 Å². The lowest BCUT2D eigenvalue weighted by Crippen LogP contribution is -2.35. The zero-order valence-corrected chi connectivity index (χ0v) is 46.7. The average Bonchev–Trinajstić information content (AvgIpc) is 4.15. The van der Waals surface area contributed by atoms with Crippen LogP contribution in [-0.4, -0.2) is 170 Å². The van der Waals surface area contributed by atoms with Gasteiger partial charge < -0.3 is 68.1 Å². The number of methoxy groups -OCH3 is 2. The summed E-state index contributed by atoms with van der Waals surface area (Å²) in [6, 6.07) is 12.8. The number of rotatable bonds is 28. The molecule has 8 rings (SSSR count). The average molecular weight is 1120 g/mol. The molecule has 2 fully saturated rings. The van der Waals surface area contributed by atoms with Crippen LogP contribution < -0.4 is 29.1 Å². The van der Waals surface area contributed by atoms with Crippen molar-refractivity contribution in [3.63, 3.8) is 0 Å². The van der Waals surface area contributed by atoms with Crippen molar-refractivity contribution in [2.24, 2.45) is 9.98 Å². The molecule has 2 atom stereocenters. The molecule has 428 valence electrons. The summed E-state index contributed by atoms with van der Waals surface area (Å²) in [5.74, 6) is -0.249. The van der Waals surface area contributed by atoms with Crippen LogP contribution in [-0.2, 0) is 46.5 Å². The smallest absolute Gasteiger partial charge is 0.335 e. The van der Waals surface area contributed by atoms with Crippen molar-refractivity contribution in [3.05, 3.63) is 99.9 Å². The highest BCUT2D eigenvalue weighted by molar-refractivity contribution is 8.00. The quantitative estimate of drug-likeness (QED) is 0.0410. The molecule has 80 heavy (non-hydrogen) atoms. The molecule has 0 unspecified atom stereocenters. The molecule has 0 radical (unpaired) electrons. The second-order valence-electron chi connectivity index (χ2n) is 19.5. The molecular formula is C57H69N7O15S. The van der Waals surface area contributed by atoms with Crippen LogP contribution >= 0.6 is 11.8 Å². The second-order valence-corrected chi connectivity index (χ2v) is 21.1. The van der Waals surface area contributed by atoms with Gasteiger partial charge in [0.2, 0.25) is 17.7 Å². The van der Waals surface area contributed by atoms with Crippen LogP contribution in [0.15, 0.2) is 81.8 Å². The first-order valence-corrected chi connectivity index (χ1v) is 27.4. The number of carbonyl (C=O) groups excluding carboxylic acids is 4. The number of ether oxygens (including phenoxy) is 8. The van der Waals surface area contributed by atoms with E-state index < -0.39 is 22.5 Å². The fourth-order valence-corrected chi connectivity index (χ4v) is 10.1. The first-order chi connectivity index (χ1) is 38.7. The third-order valence-electron chi connectivity index (χ3n) is 13.7. The van der Waals surface area contributed by atoms with Crippen LogP contribution in [0.5, 0.6) is 34.8 Å². The van der Waals surface area contributed by atoms with Gasteiger partial charge in [0.25, 0.3) is 11.8 Å². The Balaban J connectivity index is 0.836. The van der Waals surface area contributed by atoms with E-state index in [4.69, 9.17) is 57.7 Å². The number of nitrogens with zero attached hydrogens (tertiary/aromatic N) is 6. The third kappa shape index (κ3) is 14.9. The van der Waals surface area contributed by atoms with Gasteiger partial charge in [-0.15, -0.1) is 16.5 Å². The van der Waals surface area contributed by atoms with Gasteiger partial charge in [0.05, 0.1) is 125 Å². The Morgan fingerprint density at radius 3 is 1.64 bits per heavy atom. The predicted molar refractivity (Wildman–Crippen MR) is 297 cm³/mol. The van der Waals surface area contributed by atoms with Crippen molar-refractivity contribution in [1.82, 2.24) is 24.8 Å². The first-order valence-electron chi connectivity index (χ1n) is 26.4. The first kappa shape index (κ1) is 58.7. The number of nitrogens with one attached hydrogen (secondary N) is 1. The van der Waals surface area contributed by atoms with Gasteiger partial charge in [0.15, 0.2) is 23.0 Å². The van der Waals surface area contributed by atoms with Crippen molar-refractivity contribution >= 4 is 59.3 Å². The molecule has 23 heteroatoms. The largest absolute Gasteiger partial charge is 0.493 e. The van der Waals surface area contributed by atoms with Gasteiger partial charge in [0, 0.05) is 61.1 Å². The van der Waals surface area contributed by atoms with Crippen LogP contribution in [0.25, 0.3) is 0 Å². The van der Waals surface area contributed by atoms with E-state index in [9.17, 15) is 29.4 Å². The van der Waals surface area contributed by atoms with Crippen molar-refractivity contribution in [2.75, 3.05) is 92.5 Å². The van der Waals surface area contributed by atoms with E-state index in [-0.39, 0.29) is 81.6 Å². The van der Waals surface area contributed by atoms with Crippen LogP contribution in [0.3, 0.4) is 0 Å². The Morgan fingerprint density at radius 1 is 0.688 bits per heavy atom. The minimum Gasteiger partial charge on any atom is -0.493 e. The monoisotopic (exact) mass is 1120 g/mol. The third-order valence-corrected chi connectivity index (χ3v) is 15.1. The molecule has 22 nitrogen and oxygen atoms in total. The fraction of sp³-hybridized carbons (Fsp3) is 0.456. The van der Waals surface area contributed by atoms with Crippen molar-refractivity contribution < 1.29 is 72.1 Å². The van der Waals surface area contributed by atoms with Crippen LogP contribution in [0, 0.1) is 0 Å². The molecule has 2 aromatic carbocycles. The number of fused-ring (bicyclic) bond motifs is 4. The second kappa shape index (κ2) is 27.6. The molecule has 0 bridgehead atoms. The number of pyridine rings is 1. The van der Waals surface area contributed by atoms with E-state index in [0.717, 1.165) is 18.4 Å². The van der Waals surface area contributed by atoms with Crippen LogP contribution in [0.2, 0.25) is 0 Å². The molecule has 6 heterocycles. The highest BCUT2D eigenvalue weighted by atomic mass is 32.2. The van der Waals surface area contributed by atoms with E-state index in [0.29, 0.717) is 108 Å². The number of aromatic nitrogens is 2. The van der Waals surface area contributed by atoms with Gasteiger partial charge in [-0.05, 0) is 70.4 Å². The Hall–Kier alpha value is -7.44. The summed E-state index contributed by atoms with van der Waals surface area (Å²) < 4.78 is 46.5. The van der Waals surface area contributed by atoms with Crippen LogP contribution in [0.1, 0.15) is 84.6 Å². The maximum Gasteiger partial charge on any atom is 0.335 e. The van der Waals surface area contributed by atoms with Gasteiger partial charge in [0.1, 0.15) is 13.2 Å². The van der Waals surface area contributed by atoms with Gasteiger partial charge in [-0.25, -0.2) is 4.79 Å². The van der Waals surface area contributed by atoms with E-state index >= 15 is 0 Å². The molecule has 3 amide bonds. The molecule has 0 aliphatic carbocycles. The fourth-order valence-electron chi connectivity index (χ4n) is 9.18. The molecule has 2 saturated heterocycles. The zero-order valence-electron chi connectivity index (χ0n) is 45.9. The molecular weight excluding hydrogens is 1050 g/mol. The maximum absolute atomic E-state index is 13.8. The molecule has 3 N–H and O–H groups in total. The molecule has 2 aromatic heterocycles. The number of allylic oxidation sites excluding steroid dienone is 2. The van der Waals surface area contributed by atoms with Crippen molar-refractivity contribution in [1.29, 1.82) is 0 Å².